The van der Waals surface area contributed by atoms with Crippen LogP contribution in [-0.2, 0) is 0 Å². The molecule has 160 valence electrons. The van der Waals surface area contributed by atoms with Crippen LogP contribution in [0.3, 0.4) is 0 Å². The molecule has 3 nitrogen and oxygen atoms in total. The summed E-state index contributed by atoms with van der Waals surface area (Å²) < 4.78 is 0. The van der Waals surface area contributed by atoms with Crippen LogP contribution in [0, 0.1) is 0 Å². The van der Waals surface area contributed by atoms with Crippen LogP contribution in [0.1, 0.15) is 108 Å². The van der Waals surface area contributed by atoms with E-state index in [0.29, 0.717) is 12.2 Å². The molecule has 0 radical (unpaired) electrons. The molecule has 0 aliphatic carbocycles. The number of rotatable bonds is 18. The van der Waals surface area contributed by atoms with E-state index >= 15 is 0 Å². The molecule has 0 unspecified atom stereocenters. The van der Waals surface area contributed by atoms with Gasteiger partial charge in [-0.3, -0.25) is 0 Å². The molecule has 0 spiro atoms. The van der Waals surface area contributed by atoms with Crippen LogP contribution in [0.4, 0.5) is 0 Å². The van der Waals surface area contributed by atoms with Gasteiger partial charge >= 0.3 is 0 Å². The number of benzene rings is 1. The molecular formula is C25H42O3. The van der Waals surface area contributed by atoms with Crippen LogP contribution in [0.5, 0.6) is 11.5 Å². The van der Waals surface area contributed by atoms with Crippen molar-refractivity contribution in [1.29, 1.82) is 0 Å². The molecule has 3 N–H and O–H groups in total. The number of aliphatic hydroxyl groups excluding tert-OH is 1. The lowest BCUT2D eigenvalue weighted by atomic mass is 10.0. The molecular weight excluding hydrogens is 348 g/mol. The Morgan fingerprint density at radius 3 is 1.39 bits per heavy atom. The number of aliphatic hydroxyl groups is 1. The number of hydrogen-bond donors (Lipinski definition) is 3. The van der Waals surface area contributed by atoms with Gasteiger partial charge in [-0.1, -0.05) is 102 Å². The van der Waals surface area contributed by atoms with Crippen molar-refractivity contribution in [3.8, 4) is 11.5 Å². The Kier molecular flexibility index (Phi) is 15.4. The molecule has 0 fully saturated rings. The van der Waals surface area contributed by atoms with Gasteiger partial charge in [-0.2, -0.15) is 0 Å². The Bertz CT molecular complexity index is 490. The Morgan fingerprint density at radius 1 is 0.571 bits per heavy atom. The second-order valence-electron chi connectivity index (χ2n) is 7.93. The maximum atomic E-state index is 9.72. The van der Waals surface area contributed by atoms with Gasteiger partial charge in [0, 0.05) is 6.61 Å². The summed E-state index contributed by atoms with van der Waals surface area (Å²) in [4.78, 5) is 0. The van der Waals surface area contributed by atoms with E-state index in [-0.39, 0.29) is 11.5 Å². The fraction of sp³-hybridized carbons (Fsp3) is 0.680. The third kappa shape index (κ3) is 12.8. The second-order valence-corrected chi connectivity index (χ2v) is 7.93. The minimum absolute atomic E-state index is 0.134. The van der Waals surface area contributed by atoms with Crippen LogP contribution in [0.2, 0.25) is 0 Å². The predicted octanol–water partition coefficient (Wildman–Crippen LogP) is 7.34. The first-order valence-corrected chi connectivity index (χ1v) is 11.5. The minimum Gasteiger partial charge on any atom is -0.507 e. The summed E-state index contributed by atoms with van der Waals surface area (Å²) in [7, 11) is 0. The van der Waals surface area contributed by atoms with E-state index in [1.165, 1.54) is 89.9 Å². The molecule has 0 aliphatic rings. The summed E-state index contributed by atoms with van der Waals surface area (Å²) in [5, 5.41) is 28.2. The van der Waals surface area contributed by atoms with Gasteiger partial charge in [0.05, 0.1) is 5.56 Å². The normalized spacial score (nSPS) is 11.5. The van der Waals surface area contributed by atoms with Crippen molar-refractivity contribution in [1.82, 2.24) is 0 Å². The van der Waals surface area contributed by atoms with E-state index in [1.807, 2.05) is 12.2 Å². The summed E-state index contributed by atoms with van der Waals surface area (Å²) in [6.45, 7) is 0.349. The van der Waals surface area contributed by atoms with Crippen molar-refractivity contribution in [2.45, 2.75) is 103 Å². The molecule has 0 bridgehead atoms. The minimum atomic E-state index is 0.134. The summed E-state index contributed by atoms with van der Waals surface area (Å²) in [6.07, 6.45) is 24.4. The zero-order valence-corrected chi connectivity index (χ0v) is 17.7. The average Bonchev–Trinajstić information content (AvgIpc) is 2.69. The number of phenolic OH excluding ortho intramolecular Hbond substituents is 2. The van der Waals surface area contributed by atoms with E-state index in [1.54, 1.807) is 18.2 Å². The van der Waals surface area contributed by atoms with Gasteiger partial charge in [0.15, 0.2) is 0 Å². The highest BCUT2D eigenvalue weighted by Crippen LogP contribution is 2.27. The number of phenols is 2. The highest BCUT2D eigenvalue weighted by Gasteiger charge is 2.01. The average molecular weight is 391 g/mol. The van der Waals surface area contributed by atoms with Gasteiger partial charge < -0.3 is 15.3 Å². The predicted molar refractivity (Wildman–Crippen MR) is 120 cm³/mol. The molecule has 1 aromatic rings. The van der Waals surface area contributed by atoms with Crippen LogP contribution in [0.15, 0.2) is 24.3 Å². The molecule has 28 heavy (non-hydrogen) atoms. The molecule has 0 saturated heterocycles. The number of hydrogen-bond acceptors (Lipinski definition) is 3. The van der Waals surface area contributed by atoms with E-state index in [2.05, 4.69) is 0 Å². The standard InChI is InChI=1S/C25H42O3/c26-22-17-15-13-11-9-7-5-3-1-2-4-6-8-10-12-14-16-19-23-24(27)20-18-21-25(23)28/h16,18-21,26-28H,1-15,17,22H2. The molecule has 0 aromatic heterocycles. The maximum absolute atomic E-state index is 9.72. The summed E-state index contributed by atoms with van der Waals surface area (Å²) in [6, 6.07) is 4.84. The van der Waals surface area contributed by atoms with Crippen LogP contribution in [-0.4, -0.2) is 21.9 Å². The van der Waals surface area contributed by atoms with Crippen molar-refractivity contribution in [2.75, 3.05) is 6.61 Å². The van der Waals surface area contributed by atoms with E-state index in [0.717, 1.165) is 12.8 Å². The van der Waals surface area contributed by atoms with E-state index in [9.17, 15) is 10.2 Å². The molecule has 0 heterocycles. The van der Waals surface area contributed by atoms with Crippen molar-refractivity contribution in [3.05, 3.63) is 29.8 Å². The lowest BCUT2D eigenvalue weighted by Gasteiger charge is -2.03. The fourth-order valence-corrected chi connectivity index (χ4v) is 3.59. The molecule has 3 heteroatoms. The topological polar surface area (TPSA) is 60.7 Å². The highest BCUT2D eigenvalue weighted by atomic mass is 16.3. The summed E-state index contributed by atoms with van der Waals surface area (Å²) in [5.41, 5.74) is 0.518. The van der Waals surface area contributed by atoms with Crippen LogP contribution < -0.4 is 0 Å². The molecule has 1 rings (SSSR count). The second kappa shape index (κ2) is 17.6. The monoisotopic (exact) mass is 390 g/mol. The van der Waals surface area contributed by atoms with Crippen molar-refractivity contribution in [3.63, 3.8) is 0 Å². The molecule has 0 amide bonds. The molecule has 0 atom stereocenters. The van der Waals surface area contributed by atoms with E-state index in [4.69, 9.17) is 5.11 Å². The third-order valence-electron chi connectivity index (χ3n) is 5.37. The zero-order chi connectivity index (χ0) is 20.3. The summed E-state index contributed by atoms with van der Waals surface area (Å²) >= 11 is 0. The molecule has 1 aromatic carbocycles. The zero-order valence-electron chi connectivity index (χ0n) is 17.7. The van der Waals surface area contributed by atoms with Crippen molar-refractivity contribution < 1.29 is 15.3 Å². The van der Waals surface area contributed by atoms with Crippen LogP contribution >= 0.6 is 0 Å². The maximum Gasteiger partial charge on any atom is 0.126 e. The summed E-state index contributed by atoms with van der Waals surface area (Å²) in [5.74, 6) is 0.267. The smallest absolute Gasteiger partial charge is 0.126 e. The van der Waals surface area contributed by atoms with Gasteiger partial charge in [0.2, 0.25) is 0 Å². The first-order chi connectivity index (χ1) is 13.8. The Morgan fingerprint density at radius 2 is 0.964 bits per heavy atom. The first kappa shape index (κ1) is 24.6. The number of allylic oxidation sites excluding steroid dienone is 1. The largest absolute Gasteiger partial charge is 0.507 e. The van der Waals surface area contributed by atoms with E-state index < -0.39 is 0 Å². The number of unbranched alkanes of at least 4 members (excludes halogenated alkanes) is 15. The van der Waals surface area contributed by atoms with Crippen molar-refractivity contribution in [2.24, 2.45) is 0 Å². The van der Waals surface area contributed by atoms with Gasteiger partial charge in [-0.25, -0.2) is 0 Å². The van der Waals surface area contributed by atoms with Crippen molar-refractivity contribution >= 4 is 6.08 Å². The first-order valence-electron chi connectivity index (χ1n) is 11.5. The molecule has 0 saturated carbocycles. The lowest BCUT2D eigenvalue weighted by Crippen LogP contribution is -1.85. The quantitative estimate of drug-likeness (QED) is 0.230. The lowest BCUT2D eigenvalue weighted by molar-refractivity contribution is 0.282. The van der Waals surface area contributed by atoms with Crippen LogP contribution in [0.25, 0.3) is 6.08 Å². The van der Waals surface area contributed by atoms with Gasteiger partial charge in [0.25, 0.3) is 0 Å². The fourth-order valence-electron chi connectivity index (χ4n) is 3.59. The highest BCUT2D eigenvalue weighted by molar-refractivity contribution is 5.63. The SMILES string of the molecule is OCCCCCCCCCCCCCCCCCC=Cc1c(O)cccc1O. The van der Waals surface area contributed by atoms with Gasteiger partial charge in [-0.05, 0) is 31.4 Å². The number of aromatic hydroxyl groups is 2. The van der Waals surface area contributed by atoms with Gasteiger partial charge in [-0.15, -0.1) is 0 Å². The molecule has 0 aliphatic heterocycles. The third-order valence-corrected chi connectivity index (χ3v) is 5.37. The van der Waals surface area contributed by atoms with Gasteiger partial charge in [0.1, 0.15) is 11.5 Å². The Labute approximate surface area is 172 Å². The Balaban J connectivity index is 1.83. The Hall–Kier alpha value is -1.48.